The number of cyclic esters (lactones) is 1. The number of carbonyl (C=O) groups is 1. The van der Waals surface area contributed by atoms with Gasteiger partial charge in [0, 0.05) is 6.42 Å². The number of rotatable bonds is 2. The van der Waals surface area contributed by atoms with Crippen molar-refractivity contribution in [2.75, 3.05) is 14.2 Å². The first-order chi connectivity index (χ1) is 14.7. The Bertz CT molecular complexity index is 873. The summed E-state index contributed by atoms with van der Waals surface area (Å²) < 4.78 is 27.9. The highest BCUT2D eigenvalue weighted by Gasteiger charge is 2.43. The van der Waals surface area contributed by atoms with Gasteiger partial charge in [0.05, 0.1) is 20.3 Å². The molecule has 0 aliphatic carbocycles. The summed E-state index contributed by atoms with van der Waals surface area (Å²) in [5.74, 6) is -1.53. The average Bonchev–Trinajstić information content (AvgIpc) is 3.01. The van der Waals surface area contributed by atoms with E-state index in [9.17, 15) is 15.0 Å². The molecule has 0 aromatic heterocycles. The number of hydrogen-bond acceptors (Lipinski definition) is 8. The van der Waals surface area contributed by atoms with Gasteiger partial charge in [-0.2, -0.15) is 0 Å². The molecule has 1 aromatic carbocycles. The highest BCUT2D eigenvalue weighted by atomic mass is 16.8. The second kappa shape index (κ2) is 9.30. The van der Waals surface area contributed by atoms with Crippen molar-refractivity contribution in [3.63, 3.8) is 0 Å². The van der Waals surface area contributed by atoms with Crippen molar-refractivity contribution < 1.29 is 38.7 Å². The van der Waals surface area contributed by atoms with Crippen LogP contribution in [-0.4, -0.2) is 60.6 Å². The summed E-state index contributed by atoms with van der Waals surface area (Å²) in [4.78, 5) is 12.9. The van der Waals surface area contributed by atoms with Crippen LogP contribution in [0.5, 0.6) is 17.2 Å². The lowest BCUT2D eigenvalue weighted by Crippen LogP contribution is -2.34. The van der Waals surface area contributed by atoms with Crippen LogP contribution in [0.25, 0.3) is 6.08 Å². The Morgan fingerprint density at radius 2 is 1.87 bits per heavy atom. The molecular weight excluding hydrogens is 404 g/mol. The molecule has 2 N–H and O–H groups in total. The molecular formula is C23H30O8. The summed E-state index contributed by atoms with van der Waals surface area (Å²) in [6.45, 7) is 5.33. The lowest BCUT2D eigenvalue weighted by atomic mass is 10.0. The zero-order valence-corrected chi connectivity index (χ0v) is 18.5. The third kappa shape index (κ3) is 5.03. The van der Waals surface area contributed by atoms with Crippen LogP contribution in [-0.2, 0) is 14.2 Å². The number of aromatic hydroxyl groups is 1. The monoisotopic (exact) mass is 434 g/mol. The van der Waals surface area contributed by atoms with Gasteiger partial charge in [-0.05, 0) is 38.8 Å². The topological polar surface area (TPSA) is 104 Å². The Morgan fingerprint density at radius 3 is 2.55 bits per heavy atom. The van der Waals surface area contributed by atoms with Crippen molar-refractivity contribution in [3.8, 4) is 17.2 Å². The number of aliphatic hydroxyl groups is 1. The molecule has 0 spiro atoms. The SMILES string of the molecule is COc1cc2c(c(O)c1OC)C(=O)O[C@@H](C)C/C=C\C(O)[C@H]1OC(C)(C)O[C@H]1CC=C2. The summed E-state index contributed by atoms with van der Waals surface area (Å²) in [5.41, 5.74) is 0.400. The van der Waals surface area contributed by atoms with Gasteiger partial charge in [-0.25, -0.2) is 4.79 Å². The second-order valence-corrected chi connectivity index (χ2v) is 8.07. The fraction of sp³-hybridized carbons (Fsp3) is 0.522. The third-order valence-corrected chi connectivity index (χ3v) is 5.21. The molecule has 1 unspecified atom stereocenters. The number of methoxy groups -OCH3 is 2. The maximum atomic E-state index is 12.9. The number of esters is 1. The van der Waals surface area contributed by atoms with Crippen molar-refractivity contribution in [1.82, 2.24) is 0 Å². The molecule has 1 aromatic rings. The zero-order chi connectivity index (χ0) is 22.8. The molecule has 0 saturated carbocycles. The molecule has 0 radical (unpaired) electrons. The minimum atomic E-state index is -0.869. The molecule has 170 valence electrons. The first-order valence-corrected chi connectivity index (χ1v) is 10.2. The molecule has 8 heteroatoms. The minimum absolute atomic E-state index is 0.0118. The van der Waals surface area contributed by atoms with Crippen LogP contribution in [0.4, 0.5) is 0 Å². The molecule has 4 atom stereocenters. The van der Waals surface area contributed by atoms with Crippen molar-refractivity contribution in [1.29, 1.82) is 0 Å². The van der Waals surface area contributed by atoms with E-state index in [4.69, 9.17) is 23.7 Å². The highest BCUT2D eigenvalue weighted by molar-refractivity contribution is 5.98. The predicted octanol–water partition coefficient (Wildman–Crippen LogP) is 3.20. The van der Waals surface area contributed by atoms with Crippen LogP contribution in [0, 0.1) is 0 Å². The molecule has 0 amide bonds. The summed E-state index contributed by atoms with van der Waals surface area (Å²) in [6, 6.07) is 1.60. The summed E-state index contributed by atoms with van der Waals surface area (Å²) >= 11 is 0. The first-order valence-electron chi connectivity index (χ1n) is 10.2. The minimum Gasteiger partial charge on any atom is -0.504 e. The van der Waals surface area contributed by atoms with Crippen LogP contribution in [0.1, 0.15) is 49.5 Å². The first kappa shape index (κ1) is 23.1. The Kier molecular flexibility index (Phi) is 6.93. The Morgan fingerprint density at radius 1 is 1.13 bits per heavy atom. The van der Waals surface area contributed by atoms with Crippen LogP contribution < -0.4 is 9.47 Å². The summed E-state index contributed by atoms with van der Waals surface area (Å²) in [5, 5.41) is 21.3. The van der Waals surface area contributed by atoms with Crippen LogP contribution in [0.15, 0.2) is 24.3 Å². The van der Waals surface area contributed by atoms with E-state index in [1.807, 2.05) is 0 Å². The molecule has 3 rings (SSSR count). The van der Waals surface area contributed by atoms with Gasteiger partial charge in [-0.1, -0.05) is 24.3 Å². The standard InChI is InChI=1S/C23H30O8/c1-13-8-6-10-15(24)20-16(30-23(2,3)31-20)11-7-9-14-12-17(27-4)21(28-5)19(25)18(14)22(26)29-13/h6-7,9-10,12-13,15-16,20,24-25H,8,11H2,1-5H3/b9-7?,10-6-/t13-,15?,16-,20+/m0/s1. The van der Waals surface area contributed by atoms with Crippen molar-refractivity contribution in [2.45, 2.75) is 63.8 Å². The summed E-state index contributed by atoms with van der Waals surface area (Å²) in [6.07, 6.45) is 5.34. The fourth-order valence-electron chi connectivity index (χ4n) is 3.81. The number of benzene rings is 1. The van der Waals surface area contributed by atoms with Gasteiger partial charge in [0.25, 0.3) is 0 Å². The second-order valence-electron chi connectivity index (χ2n) is 8.07. The maximum absolute atomic E-state index is 12.9. The average molecular weight is 434 g/mol. The molecule has 0 bridgehead atoms. The van der Waals surface area contributed by atoms with Crippen LogP contribution in [0.2, 0.25) is 0 Å². The number of phenols is 1. The van der Waals surface area contributed by atoms with Crippen molar-refractivity contribution in [2.24, 2.45) is 0 Å². The number of aliphatic hydroxyl groups excluding tert-OH is 1. The van der Waals surface area contributed by atoms with Crippen LogP contribution in [0.3, 0.4) is 0 Å². The molecule has 1 fully saturated rings. The van der Waals surface area contributed by atoms with E-state index in [2.05, 4.69) is 0 Å². The number of phenolic OH excluding ortho intramolecular Hbond substituents is 1. The van der Waals surface area contributed by atoms with E-state index in [-0.39, 0.29) is 22.8 Å². The zero-order valence-electron chi connectivity index (χ0n) is 18.5. The van der Waals surface area contributed by atoms with Gasteiger partial charge in [0.15, 0.2) is 17.3 Å². The van der Waals surface area contributed by atoms with E-state index in [1.165, 1.54) is 14.2 Å². The van der Waals surface area contributed by atoms with Gasteiger partial charge in [-0.3, -0.25) is 0 Å². The molecule has 1 saturated heterocycles. The third-order valence-electron chi connectivity index (χ3n) is 5.21. The quantitative estimate of drug-likeness (QED) is 0.540. The van der Waals surface area contributed by atoms with Gasteiger partial charge in [0.2, 0.25) is 5.75 Å². The van der Waals surface area contributed by atoms with Gasteiger partial charge < -0.3 is 33.9 Å². The van der Waals surface area contributed by atoms with Gasteiger partial charge >= 0.3 is 5.97 Å². The van der Waals surface area contributed by atoms with Crippen molar-refractivity contribution >= 4 is 12.0 Å². The number of hydrogen-bond donors (Lipinski definition) is 2. The van der Waals surface area contributed by atoms with Crippen LogP contribution >= 0.6 is 0 Å². The molecule has 8 nitrogen and oxygen atoms in total. The number of ether oxygens (including phenoxy) is 5. The predicted molar refractivity (Wildman–Crippen MR) is 113 cm³/mol. The molecule has 2 heterocycles. The lowest BCUT2D eigenvalue weighted by molar-refractivity contribution is -0.152. The Hall–Kier alpha value is -2.55. The normalized spacial score (nSPS) is 29.3. The fourth-order valence-corrected chi connectivity index (χ4v) is 3.81. The Balaban J connectivity index is 2.05. The molecule has 2 aliphatic heterocycles. The van der Waals surface area contributed by atoms with E-state index >= 15 is 0 Å². The largest absolute Gasteiger partial charge is 0.504 e. The van der Waals surface area contributed by atoms with Gasteiger partial charge in [0.1, 0.15) is 23.9 Å². The van der Waals surface area contributed by atoms with E-state index in [0.29, 0.717) is 18.4 Å². The summed E-state index contributed by atoms with van der Waals surface area (Å²) in [7, 11) is 2.83. The number of carbonyl (C=O) groups excluding carboxylic acids is 1. The smallest absolute Gasteiger partial charge is 0.342 e. The highest BCUT2D eigenvalue weighted by Crippen LogP contribution is 2.42. The number of fused-ring (bicyclic) bond motifs is 2. The maximum Gasteiger partial charge on any atom is 0.342 e. The molecule has 31 heavy (non-hydrogen) atoms. The lowest BCUT2D eigenvalue weighted by Gasteiger charge is -2.20. The Labute approximate surface area is 182 Å². The van der Waals surface area contributed by atoms with E-state index < -0.39 is 36.2 Å². The van der Waals surface area contributed by atoms with E-state index in [1.54, 1.807) is 51.1 Å². The molecule has 2 aliphatic rings. The van der Waals surface area contributed by atoms with Crippen molar-refractivity contribution in [3.05, 3.63) is 35.4 Å². The van der Waals surface area contributed by atoms with Gasteiger partial charge in [-0.15, -0.1) is 0 Å². The van der Waals surface area contributed by atoms with E-state index in [0.717, 1.165) is 0 Å².